The Balaban J connectivity index is 1.51. The molecule has 2 aromatic carbocycles. The fourth-order valence-corrected chi connectivity index (χ4v) is 4.87. The van der Waals surface area contributed by atoms with Gasteiger partial charge in [-0.25, -0.2) is 4.79 Å². The van der Waals surface area contributed by atoms with Crippen LogP contribution in [0.1, 0.15) is 10.4 Å². The van der Waals surface area contributed by atoms with E-state index in [4.69, 9.17) is 0 Å². The van der Waals surface area contributed by atoms with Crippen molar-refractivity contribution in [2.24, 2.45) is 4.99 Å². The van der Waals surface area contributed by atoms with Gasteiger partial charge in [0.05, 0.1) is 5.69 Å². The van der Waals surface area contributed by atoms with E-state index in [1.807, 2.05) is 18.2 Å². The molecule has 2 aliphatic rings. The van der Waals surface area contributed by atoms with Crippen LogP contribution in [-0.4, -0.2) is 29.4 Å². The van der Waals surface area contributed by atoms with Crippen molar-refractivity contribution in [3.05, 3.63) is 62.3 Å². The van der Waals surface area contributed by atoms with Crippen molar-refractivity contribution in [3.8, 4) is 17.2 Å². The number of aryl methyl sites for hydroxylation is 1. The summed E-state index contributed by atoms with van der Waals surface area (Å²) in [6.07, 6.45) is -7.26. The molecule has 0 saturated carbocycles. The van der Waals surface area contributed by atoms with Crippen LogP contribution in [0.25, 0.3) is 5.69 Å². The number of amides is 2. The molecule has 0 N–H and O–H groups in total. The number of fused-ring (bicyclic) bond motifs is 2. The third-order valence-corrected chi connectivity index (χ3v) is 6.54. The smallest absolute Gasteiger partial charge is 0.421 e. The highest BCUT2D eigenvalue weighted by atomic mass is 79.9. The summed E-state index contributed by atoms with van der Waals surface area (Å²) in [6.45, 7) is 2.27. The van der Waals surface area contributed by atoms with Crippen LogP contribution < -0.4 is 19.2 Å². The lowest BCUT2D eigenvalue weighted by Crippen LogP contribution is -2.52. The number of carbonyl (C=O) groups is 1. The Bertz CT molecular complexity index is 1350. The molecule has 12 heteroatoms. The number of hydrogen-bond donors (Lipinski definition) is 0. The van der Waals surface area contributed by atoms with Crippen LogP contribution in [0.3, 0.4) is 0 Å². The van der Waals surface area contributed by atoms with Crippen LogP contribution in [0, 0.1) is 6.92 Å². The largest absolute Gasteiger partial charge is 0.507 e. The second-order valence-corrected chi connectivity index (χ2v) is 9.56. The summed E-state index contributed by atoms with van der Waals surface area (Å²) in [5.41, 5.74) is 2.09. The highest BCUT2D eigenvalue weighted by molar-refractivity contribution is 9.10. The number of urea groups is 1. The molecular weight excluding hydrogens is 530 g/mol. The van der Waals surface area contributed by atoms with E-state index < -0.39 is 29.7 Å². The number of thiazole rings is 1. The van der Waals surface area contributed by atoms with Crippen molar-refractivity contribution in [3.63, 3.8) is 0 Å². The van der Waals surface area contributed by atoms with Crippen molar-refractivity contribution in [2.75, 3.05) is 11.4 Å². The van der Waals surface area contributed by atoms with E-state index in [0.717, 1.165) is 32.7 Å². The Labute approximate surface area is 196 Å². The molecule has 0 saturated heterocycles. The van der Waals surface area contributed by atoms with Crippen LogP contribution in [-0.2, 0) is 6.42 Å². The number of rotatable bonds is 1. The molecule has 2 aliphatic heterocycles. The number of hydrogen-bond acceptors (Lipinski definition) is 4. The quantitative estimate of drug-likeness (QED) is 0.373. The molecule has 3 heterocycles. The number of alkyl halides is 4. The molecule has 1 aromatic heterocycles. The zero-order valence-corrected chi connectivity index (χ0v) is 19.2. The number of nitrogens with zero attached hydrogens (tertiary/aromatic N) is 3. The van der Waals surface area contributed by atoms with Gasteiger partial charge in [0.25, 0.3) is 0 Å². The maximum absolute atomic E-state index is 13.6. The summed E-state index contributed by atoms with van der Waals surface area (Å²) in [5.74, 6) is -1.06. The maximum Gasteiger partial charge on any atom is 0.507 e. The van der Waals surface area contributed by atoms with Crippen LogP contribution in [0.15, 0.2) is 52.1 Å². The molecule has 5 rings (SSSR count). The first-order valence-electron chi connectivity index (χ1n) is 9.66. The van der Waals surface area contributed by atoms with Crippen LogP contribution in [0.2, 0.25) is 0 Å². The Morgan fingerprint density at radius 3 is 2.58 bits per heavy atom. The number of ether oxygens (including phenoxy) is 2. The fourth-order valence-electron chi connectivity index (χ4n) is 3.64. The van der Waals surface area contributed by atoms with Crippen molar-refractivity contribution >= 4 is 39.0 Å². The van der Waals surface area contributed by atoms with E-state index >= 15 is 0 Å². The van der Waals surface area contributed by atoms with Crippen molar-refractivity contribution in [1.29, 1.82) is 0 Å². The predicted octanol–water partition coefficient (Wildman–Crippen LogP) is 5.65. The van der Waals surface area contributed by atoms with E-state index in [0.29, 0.717) is 18.7 Å². The van der Waals surface area contributed by atoms with E-state index in [1.54, 1.807) is 18.0 Å². The topological polar surface area (TPSA) is 56.1 Å². The van der Waals surface area contributed by atoms with Crippen LogP contribution in [0.4, 0.5) is 28.0 Å². The van der Waals surface area contributed by atoms with Gasteiger partial charge in [-0.2, -0.15) is 22.6 Å². The summed E-state index contributed by atoms with van der Waals surface area (Å²) in [6, 6.07) is 8.78. The lowest BCUT2D eigenvalue weighted by Gasteiger charge is -2.31. The normalized spacial score (nSPS) is 18.4. The molecule has 0 aliphatic carbocycles. The number of carbonyl (C=O) groups excluding carboxylic acids is 1. The van der Waals surface area contributed by atoms with Gasteiger partial charge >= 0.3 is 18.2 Å². The van der Waals surface area contributed by atoms with E-state index in [1.165, 1.54) is 22.0 Å². The summed E-state index contributed by atoms with van der Waals surface area (Å²) in [4.78, 5) is 19.8. The van der Waals surface area contributed by atoms with Gasteiger partial charge in [0, 0.05) is 33.8 Å². The highest BCUT2D eigenvalue weighted by Gasteiger charge is 2.65. The number of anilines is 1. The Morgan fingerprint density at radius 2 is 1.82 bits per heavy atom. The molecule has 0 unspecified atom stereocenters. The zero-order chi connectivity index (χ0) is 23.5. The van der Waals surface area contributed by atoms with Crippen molar-refractivity contribution in [2.45, 2.75) is 25.6 Å². The predicted molar refractivity (Wildman–Crippen MR) is 116 cm³/mol. The molecule has 3 aromatic rings. The minimum atomic E-state index is -4.82. The summed E-state index contributed by atoms with van der Waals surface area (Å²) >= 11 is 4.64. The number of halogens is 5. The Kier molecular flexibility index (Phi) is 5.05. The van der Waals surface area contributed by atoms with Crippen LogP contribution in [0.5, 0.6) is 11.5 Å². The molecule has 0 atom stereocenters. The van der Waals surface area contributed by atoms with Gasteiger partial charge in [0.2, 0.25) is 0 Å². The minimum absolute atomic E-state index is 0.289. The molecule has 0 radical (unpaired) electrons. The van der Waals surface area contributed by atoms with Gasteiger partial charge in [-0.1, -0.05) is 15.9 Å². The standard InChI is InChI=1S/C21H14BrF4N3O3S/c1-11-10-29(14-3-5-16-17(9-14)32-21(25,26)20(23,24)31-16)19(33-11)27-18(30)28-7-6-12-8-13(22)2-4-15(12)28/h2-5,8-10H,6-7H2,1H3. The maximum atomic E-state index is 13.6. The first-order chi connectivity index (χ1) is 15.5. The zero-order valence-electron chi connectivity index (χ0n) is 16.8. The molecule has 2 amide bonds. The van der Waals surface area contributed by atoms with Gasteiger partial charge in [-0.15, -0.1) is 11.3 Å². The lowest BCUT2D eigenvalue weighted by atomic mass is 10.2. The molecule has 0 bridgehead atoms. The van der Waals surface area contributed by atoms with Crippen molar-refractivity contribution < 1.29 is 31.8 Å². The Morgan fingerprint density at radius 1 is 1.09 bits per heavy atom. The van der Waals surface area contributed by atoms with E-state index in [9.17, 15) is 22.4 Å². The monoisotopic (exact) mass is 543 g/mol. The van der Waals surface area contributed by atoms with E-state index in [2.05, 4.69) is 30.4 Å². The number of aromatic nitrogens is 1. The fraction of sp³-hybridized carbons (Fsp3) is 0.238. The summed E-state index contributed by atoms with van der Waals surface area (Å²) < 4.78 is 64.8. The lowest BCUT2D eigenvalue weighted by molar-refractivity contribution is -0.391. The third kappa shape index (κ3) is 3.80. The Hall–Kier alpha value is -2.86. The van der Waals surface area contributed by atoms with Gasteiger partial charge in [-0.3, -0.25) is 9.47 Å². The first-order valence-corrected chi connectivity index (χ1v) is 11.3. The number of benzene rings is 2. The second kappa shape index (κ2) is 7.59. The molecule has 0 fully saturated rings. The van der Waals surface area contributed by atoms with Gasteiger partial charge < -0.3 is 9.47 Å². The summed E-state index contributed by atoms with van der Waals surface area (Å²) in [5, 5.41) is 0. The highest BCUT2D eigenvalue weighted by Crippen LogP contribution is 2.47. The second-order valence-electron chi connectivity index (χ2n) is 7.43. The van der Waals surface area contributed by atoms with E-state index in [-0.39, 0.29) is 4.80 Å². The van der Waals surface area contributed by atoms with Gasteiger partial charge in [-0.05, 0) is 49.2 Å². The molecule has 6 nitrogen and oxygen atoms in total. The van der Waals surface area contributed by atoms with Crippen molar-refractivity contribution in [1.82, 2.24) is 4.57 Å². The average molecular weight is 544 g/mol. The first kappa shape index (κ1) is 22.0. The third-order valence-electron chi connectivity index (χ3n) is 5.15. The molecular formula is C21H14BrF4N3O3S. The SMILES string of the molecule is Cc1cn(-c2ccc3c(c2)OC(F)(F)C(F)(F)O3)c(=NC(=O)N2CCc3cc(Br)ccc32)s1. The summed E-state index contributed by atoms with van der Waals surface area (Å²) in [7, 11) is 0. The minimum Gasteiger partial charge on any atom is -0.421 e. The van der Waals surface area contributed by atoms with Crippen LogP contribution >= 0.6 is 27.3 Å². The molecule has 172 valence electrons. The molecule has 0 spiro atoms. The molecule has 33 heavy (non-hydrogen) atoms. The average Bonchev–Trinajstić information content (AvgIpc) is 3.30. The van der Waals surface area contributed by atoms with Gasteiger partial charge in [0.15, 0.2) is 16.3 Å². The van der Waals surface area contributed by atoms with Gasteiger partial charge in [0.1, 0.15) is 0 Å².